The number of benzene rings is 1. The normalized spacial score (nSPS) is 18.9. The molecule has 0 unspecified atom stereocenters. The summed E-state index contributed by atoms with van der Waals surface area (Å²) in [6.45, 7) is 9.48. The molecule has 0 fully saturated rings. The first-order chi connectivity index (χ1) is 16.0. The first-order valence-corrected chi connectivity index (χ1v) is 12.8. The third-order valence-corrected chi connectivity index (χ3v) is 7.13. The minimum absolute atomic E-state index is 0.161. The number of ketones is 2. The highest BCUT2D eigenvalue weighted by molar-refractivity contribution is 9.10. The van der Waals surface area contributed by atoms with Gasteiger partial charge in [-0.1, -0.05) is 19.6 Å². The third kappa shape index (κ3) is 4.42. The van der Waals surface area contributed by atoms with Crippen molar-refractivity contribution in [2.45, 2.75) is 64.7 Å². The van der Waals surface area contributed by atoms with E-state index in [4.69, 9.17) is 9.47 Å². The van der Waals surface area contributed by atoms with Crippen LogP contribution in [0.25, 0.3) is 0 Å². The van der Waals surface area contributed by atoms with E-state index in [2.05, 4.69) is 34.3 Å². The van der Waals surface area contributed by atoms with Crippen LogP contribution in [0.5, 0.6) is 11.5 Å². The van der Waals surface area contributed by atoms with Crippen LogP contribution >= 0.6 is 15.9 Å². The summed E-state index contributed by atoms with van der Waals surface area (Å²) in [7, 11) is 0. The van der Waals surface area contributed by atoms with Gasteiger partial charge in [-0.3, -0.25) is 9.59 Å². The summed E-state index contributed by atoms with van der Waals surface area (Å²) < 4.78 is 12.5. The summed E-state index contributed by atoms with van der Waals surface area (Å²) in [6.07, 6.45) is 7.21. The topological polar surface area (TPSA) is 55.8 Å². The van der Waals surface area contributed by atoms with E-state index in [0.717, 1.165) is 71.2 Å². The number of carbonyl (C=O) groups is 2. The predicted molar refractivity (Wildman–Crippen MR) is 133 cm³/mol. The van der Waals surface area contributed by atoms with Crippen LogP contribution in [0.4, 0.5) is 0 Å². The quantitative estimate of drug-likeness (QED) is 0.385. The molecule has 33 heavy (non-hydrogen) atoms. The second-order valence-corrected chi connectivity index (χ2v) is 9.58. The van der Waals surface area contributed by atoms with Crippen molar-refractivity contribution >= 4 is 27.5 Å². The average Bonchev–Trinajstić information content (AvgIpc) is 2.79. The Hall–Kier alpha value is -2.34. The van der Waals surface area contributed by atoms with Crippen LogP contribution in [0.15, 0.2) is 51.8 Å². The van der Waals surface area contributed by atoms with E-state index in [9.17, 15) is 9.59 Å². The van der Waals surface area contributed by atoms with Gasteiger partial charge in [0, 0.05) is 47.8 Å². The lowest BCUT2D eigenvalue weighted by molar-refractivity contribution is -0.117. The average molecular weight is 514 g/mol. The van der Waals surface area contributed by atoms with E-state index >= 15 is 0 Å². The fraction of sp³-hybridized carbons (Fsp3) is 0.481. The van der Waals surface area contributed by atoms with Gasteiger partial charge >= 0.3 is 0 Å². The van der Waals surface area contributed by atoms with Gasteiger partial charge in [-0.2, -0.15) is 0 Å². The Morgan fingerprint density at radius 3 is 2.21 bits per heavy atom. The van der Waals surface area contributed by atoms with E-state index in [1.54, 1.807) is 6.08 Å². The highest BCUT2D eigenvalue weighted by Gasteiger charge is 2.43. The maximum Gasteiger partial charge on any atom is 0.175 e. The number of Topliss-reactive ketones (excluding diaryl/α,β-unsaturated/α-hetero) is 2. The minimum atomic E-state index is -0.354. The van der Waals surface area contributed by atoms with Crippen LogP contribution in [-0.4, -0.2) is 36.2 Å². The van der Waals surface area contributed by atoms with Gasteiger partial charge in [0.05, 0.1) is 11.1 Å². The molecule has 1 heterocycles. The Morgan fingerprint density at radius 2 is 1.67 bits per heavy atom. The number of rotatable bonds is 8. The van der Waals surface area contributed by atoms with Crippen molar-refractivity contribution in [1.82, 2.24) is 4.90 Å². The van der Waals surface area contributed by atoms with E-state index < -0.39 is 0 Å². The van der Waals surface area contributed by atoms with Crippen molar-refractivity contribution in [2.75, 3.05) is 19.8 Å². The minimum Gasteiger partial charge on any atom is -0.490 e. The first-order valence-electron chi connectivity index (χ1n) is 12.0. The molecule has 0 saturated carbocycles. The van der Waals surface area contributed by atoms with E-state index in [0.29, 0.717) is 37.6 Å². The summed E-state index contributed by atoms with van der Waals surface area (Å²) >= 11 is 3.66. The van der Waals surface area contributed by atoms with Gasteiger partial charge in [-0.25, -0.2) is 0 Å². The van der Waals surface area contributed by atoms with Gasteiger partial charge in [-0.05, 0) is 72.7 Å². The maximum absolute atomic E-state index is 13.3. The van der Waals surface area contributed by atoms with Crippen molar-refractivity contribution in [3.63, 3.8) is 0 Å². The van der Waals surface area contributed by atoms with Gasteiger partial charge in [-0.15, -0.1) is 0 Å². The smallest absolute Gasteiger partial charge is 0.175 e. The fourth-order valence-corrected chi connectivity index (χ4v) is 5.92. The molecule has 0 spiro atoms. The van der Waals surface area contributed by atoms with Gasteiger partial charge in [0.25, 0.3) is 0 Å². The largest absolute Gasteiger partial charge is 0.490 e. The van der Waals surface area contributed by atoms with Crippen LogP contribution in [-0.2, 0) is 9.59 Å². The third-order valence-electron chi connectivity index (χ3n) is 6.54. The molecule has 0 radical (unpaired) electrons. The Bertz CT molecular complexity index is 995. The number of nitrogens with zero attached hydrogens (tertiary/aromatic N) is 1. The molecule has 1 aliphatic heterocycles. The molecule has 0 atom stereocenters. The van der Waals surface area contributed by atoms with Crippen molar-refractivity contribution in [2.24, 2.45) is 0 Å². The molecule has 176 valence electrons. The lowest BCUT2D eigenvalue weighted by atomic mass is 9.71. The van der Waals surface area contributed by atoms with E-state index in [1.807, 2.05) is 19.1 Å². The zero-order valence-electron chi connectivity index (χ0n) is 19.5. The zero-order chi connectivity index (χ0) is 23.5. The van der Waals surface area contributed by atoms with Gasteiger partial charge in [0.2, 0.25) is 0 Å². The van der Waals surface area contributed by atoms with Crippen molar-refractivity contribution < 1.29 is 19.1 Å². The van der Waals surface area contributed by atoms with Crippen LogP contribution in [0, 0.1) is 0 Å². The highest BCUT2D eigenvalue weighted by atomic mass is 79.9. The Labute approximate surface area is 204 Å². The summed E-state index contributed by atoms with van der Waals surface area (Å²) in [4.78, 5) is 29.0. The lowest BCUT2D eigenvalue weighted by Gasteiger charge is -2.44. The number of ether oxygens (including phenoxy) is 2. The number of carbonyl (C=O) groups excluding carboxylic acids is 2. The summed E-state index contributed by atoms with van der Waals surface area (Å²) in [6, 6.07) is 3.94. The van der Waals surface area contributed by atoms with Crippen LogP contribution in [0.1, 0.15) is 70.3 Å². The van der Waals surface area contributed by atoms with Crippen LogP contribution in [0.3, 0.4) is 0 Å². The number of hydrogen-bond acceptors (Lipinski definition) is 5. The summed E-state index contributed by atoms with van der Waals surface area (Å²) in [5.41, 5.74) is 4.74. The Morgan fingerprint density at radius 1 is 1.03 bits per heavy atom. The van der Waals surface area contributed by atoms with E-state index in [-0.39, 0.29) is 17.5 Å². The van der Waals surface area contributed by atoms with E-state index in [1.165, 1.54) is 0 Å². The monoisotopic (exact) mass is 513 g/mol. The second kappa shape index (κ2) is 10.3. The molecule has 1 aromatic rings. The zero-order valence-corrected chi connectivity index (χ0v) is 21.1. The molecule has 1 aromatic carbocycles. The molecule has 0 saturated heterocycles. The molecule has 0 amide bonds. The Kier molecular flexibility index (Phi) is 7.42. The molecule has 5 nitrogen and oxygen atoms in total. The number of allylic oxidation sites excluding steroid dienone is 4. The standard InChI is InChI=1S/C27H32BrNO4/c1-4-13-29-19-9-7-11-21(30)25(19)24(26-20(29)10-8-12-22(26)31)17-15-18(28)27(33-14-5-2)23(16-17)32-6-3/h5,15-16,24H,2,4,6-14H2,1,3H3. The van der Waals surface area contributed by atoms with Crippen molar-refractivity contribution in [3.05, 3.63) is 57.4 Å². The van der Waals surface area contributed by atoms with Crippen molar-refractivity contribution in [3.8, 4) is 11.5 Å². The molecule has 2 aliphatic carbocycles. The molecule has 0 bridgehead atoms. The molecule has 6 heteroatoms. The number of halogens is 1. The van der Waals surface area contributed by atoms with Crippen LogP contribution < -0.4 is 9.47 Å². The SMILES string of the molecule is C=CCOc1c(Br)cc(C2C3=C(CCCC3=O)N(CCC)C3=C2C(=O)CCC3)cc1OCC. The molecular weight excluding hydrogens is 482 g/mol. The second-order valence-electron chi connectivity index (χ2n) is 8.72. The van der Waals surface area contributed by atoms with Gasteiger partial charge in [0.15, 0.2) is 23.1 Å². The van der Waals surface area contributed by atoms with Gasteiger partial charge in [0.1, 0.15) is 6.61 Å². The predicted octanol–water partition coefficient (Wildman–Crippen LogP) is 6.24. The summed E-state index contributed by atoms with van der Waals surface area (Å²) in [5, 5.41) is 0. The molecular formula is C27H32BrNO4. The summed E-state index contributed by atoms with van der Waals surface area (Å²) in [5.74, 6) is 1.18. The van der Waals surface area contributed by atoms with Gasteiger partial charge < -0.3 is 14.4 Å². The molecule has 4 rings (SSSR count). The molecule has 0 aromatic heterocycles. The Balaban J connectivity index is 1.93. The fourth-order valence-electron chi connectivity index (χ4n) is 5.34. The first kappa shape index (κ1) is 23.8. The maximum atomic E-state index is 13.3. The van der Waals surface area contributed by atoms with Crippen LogP contribution in [0.2, 0.25) is 0 Å². The highest BCUT2D eigenvalue weighted by Crippen LogP contribution is 2.51. The van der Waals surface area contributed by atoms with Crippen molar-refractivity contribution in [1.29, 1.82) is 0 Å². The lowest BCUT2D eigenvalue weighted by Crippen LogP contribution is -2.39. The molecule has 0 N–H and O–H groups in total. The molecule has 3 aliphatic rings. The number of hydrogen-bond donors (Lipinski definition) is 0.